The molecule has 2 fully saturated rings. The van der Waals surface area contributed by atoms with Crippen molar-refractivity contribution in [1.29, 1.82) is 0 Å². The highest BCUT2D eigenvalue weighted by atomic mass is 32.2. The predicted octanol–water partition coefficient (Wildman–Crippen LogP) is 2.11. The van der Waals surface area contributed by atoms with Crippen LogP contribution in [-0.4, -0.2) is 60.9 Å². The van der Waals surface area contributed by atoms with Crippen molar-refractivity contribution in [1.82, 2.24) is 33.6 Å². The summed E-state index contributed by atoms with van der Waals surface area (Å²) in [7, 11) is -1.28. The number of sulfonamides is 1. The van der Waals surface area contributed by atoms with Gasteiger partial charge in [0.25, 0.3) is 0 Å². The van der Waals surface area contributed by atoms with E-state index in [1.807, 2.05) is 31.0 Å². The third kappa shape index (κ3) is 3.70. The van der Waals surface area contributed by atoms with E-state index in [1.165, 1.54) is 0 Å². The van der Waals surface area contributed by atoms with Crippen LogP contribution in [0.4, 0.5) is 5.95 Å². The number of fused-ring (bicyclic) bond motifs is 3. The first kappa shape index (κ1) is 21.7. The van der Waals surface area contributed by atoms with E-state index in [9.17, 15) is 8.42 Å². The molecule has 2 aliphatic carbocycles. The lowest BCUT2D eigenvalue weighted by molar-refractivity contribution is 0.276. The molecular formula is C23H30N8O2S. The van der Waals surface area contributed by atoms with Gasteiger partial charge in [-0.25, -0.2) is 27.7 Å². The third-order valence-electron chi connectivity index (χ3n) is 7.30. The second-order valence-electron chi connectivity index (χ2n) is 9.86. The molecule has 0 amide bonds. The molecule has 180 valence electrons. The van der Waals surface area contributed by atoms with Crippen LogP contribution >= 0.6 is 0 Å². The Labute approximate surface area is 199 Å². The first-order chi connectivity index (χ1) is 16.3. The third-order valence-corrected chi connectivity index (χ3v) is 9.35. The van der Waals surface area contributed by atoms with Gasteiger partial charge in [0.05, 0.1) is 34.1 Å². The maximum Gasteiger partial charge on any atom is 0.220 e. The quantitative estimate of drug-likeness (QED) is 0.590. The number of piperidine rings is 1. The Hall–Kier alpha value is -2.79. The predicted molar refractivity (Wildman–Crippen MR) is 128 cm³/mol. The van der Waals surface area contributed by atoms with Gasteiger partial charge in [-0.2, -0.15) is 5.10 Å². The monoisotopic (exact) mass is 482 g/mol. The largest absolute Gasteiger partial charge is 0.368 e. The lowest BCUT2D eigenvalue weighted by atomic mass is 9.96. The average molecular weight is 483 g/mol. The highest BCUT2D eigenvalue weighted by Gasteiger charge is 2.37. The van der Waals surface area contributed by atoms with E-state index in [2.05, 4.69) is 19.6 Å². The molecule has 1 aliphatic heterocycles. The molecule has 0 bridgehead atoms. The van der Waals surface area contributed by atoms with E-state index in [1.54, 1.807) is 4.31 Å². The van der Waals surface area contributed by atoms with E-state index in [0.29, 0.717) is 24.8 Å². The molecule has 0 spiro atoms. The van der Waals surface area contributed by atoms with E-state index in [0.717, 1.165) is 78.3 Å². The Kier molecular flexibility index (Phi) is 5.03. The number of anilines is 1. The summed E-state index contributed by atoms with van der Waals surface area (Å²) in [5, 5.41) is 4.55. The van der Waals surface area contributed by atoms with Crippen LogP contribution < -0.4 is 5.73 Å². The summed E-state index contributed by atoms with van der Waals surface area (Å²) in [4.78, 5) is 13.9. The maximum atomic E-state index is 12.9. The zero-order valence-electron chi connectivity index (χ0n) is 19.6. The fourth-order valence-corrected chi connectivity index (χ4v) is 7.30. The molecule has 3 aromatic rings. The van der Waals surface area contributed by atoms with Crippen molar-refractivity contribution in [2.75, 3.05) is 24.6 Å². The molecule has 0 atom stereocenters. The van der Waals surface area contributed by atoms with Crippen LogP contribution in [0.25, 0.3) is 22.8 Å². The van der Waals surface area contributed by atoms with Crippen molar-refractivity contribution in [3.63, 3.8) is 0 Å². The summed E-state index contributed by atoms with van der Waals surface area (Å²) < 4.78 is 31.5. The summed E-state index contributed by atoms with van der Waals surface area (Å²) in [5.41, 5.74) is 11.8. The minimum absolute atomic E-state index is 0.111. The zero-order chi connectivity index (χ0) is 23.6. The van der Waals surface area contributed by atoms with Gasteiger partial charge in [-0.1, -0.05) is 0 Å². The minimum Gasteiger partial charge on any atom is -0.368 e. The maximum absolute atomic E-state index is 12.9. The molecule has 34 heavy (non-hydrogen) atoms. The van der Waals surface area contributed by atoms with Gasteiger partial charge >= 0.3 is 0 Å². The highest BCUT2D eigenvalue weighted by Crippen LogP contribution is 2.41. The number of nitrogens with zero attached hydrogens (tertiary/aromatic N) is 7. The van der Waals surface area contributed by atoms with Gasteiger partial charge in [-0.3, -0.25) is 4.68 Å². The number of aromatic nitrogens is 6. The Balaban J connectivity index is 1.41. The first-order valence-corrected chi connectivity index (χ1v) is 13.6. The van der Waals surface area contributed by atoms with Gasteiger partial charge in [0, 0.05) is 38.6 Å². The van der Waals surface area contributed by atoms with E-state index in [4.69, 9.17) is 10.7 Å². The Morgan fingerprint density at radius 1 is 1.12 bits per heavy atom. The number of imidazole rings is 1. The van der Waals surface area contributed by atoms with Gasteiger partial charge in [0.15, 0.2) is 0 Å². The van der Waals surface area contributed by atoms with E-state index < -0.39 is 10.0 Å². The molecule has 6 rings (SSSR count). The lowest BCUT2D eigenvalue weighted by Crippen LogP contribution is -2.40. The SMILES string of the molecule is Cc1nn(C)cc1-c1nc2c(n1C1CCN(S(=O)(=O)CC3CC3)CC1)-c1nc(N)ncc1CC2. The van der Waals surface area contributed by atoms with Crippen molar-refractivity contribution in [3.05, 3.63) is 29.3 Å². The number of nitrogens with two attached hydrogens (primary N) is 1. The Bertz CT molecular complexity index is 1360. The van der Waals surface area contributed by atoms with Crippen LogP contribution in [0.5, 0.6) is 0 Å². The minimum atomic E-state index is -3.19. The molecule has 1 saturated carbocycles. The highest BCUT2D eigenvalue weighted by molar-refractivity contribution is 7.89. The van der Waals surface area contributed by atoms with E-state index >= 15 is 0 Å². The van der Waals surface area contributed by atoms with Gasteiger partial charge in [-0.05, 0) is 56.9 Å². The summed E-state index contributed by atoms with van der Waals surface area (Å²) >= 11 is 0. The van der Waals surface area contributed by atoms with Crippen molar-refractivity contribution in [2.24, 2.45) is 13.0 Å². The molecule has 10 nitrogen and oxygen atoms in total. The van der Waals surface area contributed by atoms with Crippen LogP contribution in [0.3, 0.4) is 0 Å². The van der Waals surface area contributed by atoms with Crippen molar-refractivity contribution in [2.45, 2.75) is 51.5 Å². The second kappa shape index (κ2) is 7.88. The molecule has 1 saturated heterocycles. The zero-order valence-corrected chi connectivity index (χ0v) is 20.4. The fraction of sp³-hybridized carbons (Fsp3) is 0.565. The smallest absolute Gasteiger partial charge is 0.220 e. The van der Waals surface area contributed by atoms with Gasteiger partial charge in [-0.15, -0.1) is 0 Å². The van der Waals surface area contributed by atoms with Crippen molar-refractivity contribution < 1.29 is 8.42 Å². The molecular weight excluding hydrogens is 452 g/mol. The van der Waals surface area contributed by atoms with Crippen molar-refractivity contribution >= 4 is 16.0 Å². The molecule has 11 heteroatoms. The Morgan fingerprint density at radius 2 is 1.88 bits per heavy atom. The number of rotatable bonds is 5. The number of hydrogen-bond donors (Lipinski definition) is 1. The molecule has 2 N–H and O–H groups in total. The topological polar surface area (TPSA) is 125 Å². The summed E-state index contributed by atoms with van der Waals surface area (Å²) in [6, 6.07) is 0.111. The van der Waals surface area contributed by atoms with Gasteiger partial charge in [0.2, 0.25) is 16.0 Å². The van der Waals surface area contributed by atoms with Gasteiger partial charge < -0.3 is 10.3 Å². The summed E-state index contributed by atoms with van der Waals surface area (Å²) in [6.07, 6.45) is 8.99. The molecule has 0 aromatic carbocycles. The van der Waals surface area contributed by atoms with E-state index in [-0.39, 0.29) is 12.0 Å². The van der Waals surface area contributed by atoms with Gasteiger partial charge in [0.1, 0.15) is 5.82 Å². The molecule has 4 heterocycles. The number of aryl methyl sites for hydroxylation is 4. The summed E-state index contributed by atoms with van der Waals surface area (Å²) in [5.74, 6) is 1.77. The Morgan fingerprint density at radius 3 is 2.56 bits per heavy atom. The number of nitrogen functional groups attached to an aromatic ring is 1. The second-order valence-corrected chi connectivity index (χ2v) is 11.9. The van der Waals surface area contributed by atoms with Crippen LogP contribution in [0.1, 0.15) is 48.7 Å². The lowest BCUT2D eigenvalue weighted by Gasteiger charge is -2.34. The first-order valence-electron chi connectivity index (χ1n) is 12.0. The van der Waals surface area contributed by atoms with Crippen LogP contribution in [0.15, 0.2) is 12.4 Å². The molecule has 0 unspecified atom stereocenters. The van der Waals surface area contributed by atoms with Crippen LogP contribution in [0.2, 0.25) is 0 Å². The fourth-order valence-electron chi connectivity index (χ4n) is 5.40. The number of hydrogen-bond acceptors (Lipinski definition) is 7. The van der Waals surface area contributed by atoms with Crippen LogP contribution in [-0.2, 0) is 29.9 Å². The molecule has 3 aliphatic rings. The van der Waals surface area contributed by atoms with Crippen molar-refractivity contribution in [3.8, 4) is 22.8 Å². The summed E-state index contributed by atoms with van der Waals surface area (Å²) in [6.45, 7) is 3.04. The van der Waals surface area contributed by atoms with Crippen LogP contribution in [0, 0.1) is 12.8 Å². The average Bonchev–Trinajstić information content (AvgIpc) is 3.41. The standard InChI is InChI=1S/C23H30N8O2S/c1-14-18(12-29(2)28-14)22-26-19-6-5-16-11-25-23(24)27-20(16)21(19)31(22)17-7-9-30(10-8-17)34(32,33)13-15-3-4-15/h11-12,15,17H,3-10,13H2,1-2H3,(H2,24,25,27). The molecule has 0 radical (unpaired) electrons. The normalized spacial score (nSPS) is 19.2. The molecule has 3 aromatic heterocycles.